The number of aliphatic hydroxyl groups is 1. The zero-order chi connectivity index (χ0) is 27.4. The van der Waals surface area contributed by atoms with E-state index in [-0.39, 0.29) is 21.3 Å². The first-order valence-corrected chi connectivity index (χ1v) is 12.9. The number of thiazole rings is 1. The second-order valence-corrected chi connectivity index (χ2v) is 9.55. The summed E-state index contributed by atoms with van der Waals surface area (Å²) in [4.78, 5) is 44.9. The van der Waals surface area contributed by atoms with Gasteiger partial charge in [-0.15, -0.1) is 0 Å². The van der Waals surface area contributed by atoms with Gasteiger partial charge in [0, 0.05) is 5.56 Å². The smallest absolute Gasteiger partial charge is 0.350 e. The SMILES string of the molecule is CCCCOc1cccc(C2C(=C(O)c3ccc(OC)cc3)C(=O)C(=O)N2c2nc(C)c(C(=O)OC)s2)c1. The van der Waals surface area contributed by atoms with Crippen LogP contribution in [0.3, 0.4) is 0 Å². The number of rotatable bonds is 9. The van der Waals surface area contributed by atoms with Crippen LogP contribution in [-0.2, 0) is 14.3 Å². The quantitative estimate of drug-likeness (QED) is 0.133. The fourth-order valence-electron chi connectivity index (χ4n) is 4.13. The van der Waals surface area contributed by atoms with Gasteiger partial charge in [-0.2, -0.15) is 0 Å². The number of aromatic nitrogens is 1. The van der Waals surface area contributed by atoms with E-state index >= 15 is 0 Å². The summed E-state index contributed by atoms with van der Waals surface area (Å²) >= 11 is 0.944. The number of nitrogens with zero attached hydrogens (tertiary/aromatic N) is 2. The minimum Gasteiger partial charge on any atom is -0.507 e. The first-order valence-electron chi connectivity index (χ1n) is 12.0. The third kappa shape index (κ3) is 5.12. The Bertz CT molecular complexity index is 1390. The summed E-state index contributed by atoms with van der Waals surface area (Å²) in [5.41, 5.74) is 1.15. The van der Waals surface area contributed by atoms with Crippen LogP contribution < -0.4 is 14.4 Å². The van der Waals surface area contributed by atoms with Gasteiger partial charge in [0.05, 0.1) is 38.1 Å². The molecule has 1 aromatic heterocycles. The van der Waals surface area contributed by atoms with Crippen molar-refractivity contribution in [2.24, 2.45) is 0 Å². The molecule has 1 amide bonds. The third-order valence-electron chi connectivity index (χ3n) is 6.11. The number of ketones is 1. The topological polar surface area (TPSA) is 115 Å². The number of amides is 1. The molecule has 9 nitrogen and oxygen atoms in total. The molecular weight excluding hydrogens is 508 g/mol. The van der Waals surface area contributed by atoms with Crippen molar-refractivity contribution in [2.75, 3.05) is 25.7 Å². The fraction of sp³-hybridized carbons (Fsp3) is 0.286. The van der Waals surface area contributed by atoms with E-state index in [0.717, 1.165) is 24.2 Å². The Kier molecular flexibility index (Phi) is 8.11. The van der Waals surface area contributed by atoms with Crippen LogP contribution in [0.2, 0.25) is 0 Å². The van der Waals surface area contributed by atoms with Gasteiger partial charge in [-0.1, -0.05) is 36.8 Å². The van der Waals surface area contributed by atoms with Gasteiger partial charge in [-0.3, -0.25) is 14.5 Å². The number of anilines is 1. The summed E-state index contributed by atoms with van der Waals surface area (Å²) in [5, 5.41) is 11.5. The predicted octanol–water partition coefficient (Wildman–Crippen LogP) is 5.05. The van der Waals surface area contributed by atoms with Crippen molar-refractivity contribution >= 4 is 39.9 Å². The normalized spacial score (nSPS) is 16.5. The molecule has 1 saturated heterocycles. The molecule has 0 spiro atoms. The standard InChI is InChI=1S/C28H28N2O7S/c1-5-6-14-37-20-9-7-8-18(15-20)22-21(23(31)17-10-12-19(35-3)13-11-17)24(32)26(33)30(22)28-29-16(2)25(38-28)27(34)36-4/h7-13,15,22,31H,5-6,14H2,1-4H3. The molecule has 10 heteroatoms. The molecule has 1 N–H and O–H groups in total. The van der Waals surface area contributed by atoms with Gasteiger partial charge in [0.2, 0.25) is 0 Å². The Balaban J connectivity index is 1.88. The van der Waals surface area contributed by atoms with Crippen LogP contribution in [0, 0.1) is 6.92 Å². The zero-order valence-electron chi connectivity index (χ0n) is 21.5. The van der Waals surface area contributed by atoms with Crippen molar-refractivity contribution in [3.05, 3.63) is 75.8 Å². The average Bonchev–Trinajstić information content (AvgIpc) is 3.44. The lowest BCUT2D eigenvalue weighted by Gasteiger charge is -2.23. The van der Waals surface area contributed by atoms with Crippen LogP contribution in [0.25, 0.3) is 5.76 Å². The van der Waals surface area contributed by atoms with E-state index in [1.165, 1.54) is 19.1 Å². The number of hydrogen-bond acceptors (Lipinski definition) is 9. The van der Waals surface area contributed by atoms with Gasteiger partial charge < -0.3 is 19.3 Å². The van der Waals surface area contributed by atoms with Crippen LogP contribution in [-0.4, -0.2) is 48.6 Å². The molecule has 0 aliphatic carbocycles. The predicted molar refractivity (Wildman–Crippen MR) is 143 cm³/mol. The Labute approximate surface area is 224 Å². The van der Waals surface area contributed by atoms with Crippen molar-refractivity contribution in [3.63, 3.8) is 0 Å². The van der Waals surface area contributed by atoms with Gasteiger partial charge in [0.1, 0.15) is 22.1 Å². The van der Waals surface area contributed by atoms with Gasteiger partial charge in [-0.05, 0) is 55.3 Å². The Hall–Kier alpha value is -4.18. The van der Waals surface area contributed by atoms with Gasteiger partial charge >= 0.3 is 11.9 Å². The molecule has 4 rings (SSSR count). The molecule has 0 radical (unpaired) electrons. The number of carbonyl (C=O) groups is 3. The first-order chi connectivity index (χ1) is 18.3. The maximum absolute atomic E-state index is 13.4. The lowest BCUT2D eigenvalue weighted by molar-refractivity contribution is -0.132. The van der Waals surface area contributed by atoms with E-state index in [4.69, 9.17) is 14.2 Å². The van der Waals surface area contributed by atoms with Crippen molar-refractivity contribution in [1.82, 2.24) is 4.98 Å². The van der Waals surface area contributed by atoms with Crippen LogP contribution in [0.1, 0.15) is 52.3 Å². The van der Waals surface area contributed by atoms with Crippen LogP contribution in [0.4, 0.5) is 5.13 Å². The number of ether oxygens (including phenoxy) is 3. The molecule has 1 atom stereocenters. The van der Waals surface area contributed by atoms with E-state index in [1.807, 2.05) is 0 Å². The molecular formula is C28H28N2O7S. The Morgan fingerprint density at radius 2 is 1.84 bits per heavy atom. The Morgan fingerprint density at radius 1 is 1.11 bits per heavy atom. The van der Waals surface area contributed by atoms with Crippen molar-refractivity contribution in [2.45, 2.75) is 32.7 Å². The summed E-state index contributed by atoms with van der Waals surface area (Å²) in [6, 6.07) is 12.5. The fourth-order valence-corrected chi connectivity index (χ4v) is 5.14. The number of methoxy groups -OCH3 is 2. The van der Waals surface area contributed by atoms with Crippen LogP contribution in [0.15, 0.2) is 54.1 Å². The average molecular weight is 537 g/mol. The maximum atomic E-state index is 13.4. The lowest BCUT2D eigenvalue weighted by atomic mass is 9.95. The summed E-state index contributed by atoms with van der Waals surface area (Å²) in [6.07, 6.45) is 1.84. The number of aryl methyl sites for hydroxylation is 1. The maximum Gasteiger partial charge on any atom is 0.350 e. The van der Waals surface area contributed by atoms with E-state index < -0.39 is 23.7 Å². The minimum absolute atomic E-state index is 0.0988. The van der Waals surface area contributed by atoms with Gasteiger partial charge in [0.25, 0.3) is 5.78 Å². The van der Waals surface area contributed by atoms with Crippen molar-refractivity contribution in [3.8, 4) is 11.5 Å². The summed E-state index contributed by atoms with van der Waals surface area (Å²) in [5.74, 6) is -1.53. The molecule has 1 aliphatic rings. The summed E-state index contributed by atoms with van der Waals surface area (Å²) < 4.78 is 15.9. The number of hydrogen-bond donors (Lipinski definition) is 1. The lowest BCUT2D eigenvalue weighted by Crippen LogP contribution is -2.29. The Morgan fingerprint density at radius 3 is 2.50 bits per heavy atom. The van der Waals surface area contributed by atoms with Crippen molar-refractivity contribution in [1.29, 1.82) is 0 Å². The van der Waals surface area contributed by atoms with Gasteiger partial charge in [0.15, 0.2) is 5.13 Å². The number of aliphatic hydroxyl groups excluding tert-OH is 1. The van der Waals surface area contributed by atoms with Crippen LogP contribution in [0.5, 0.6) is 11.5 Å². The summed E-state index contributed by atoms with van der Waals surface area (Å²) in [7, 11) is 2.78. The number of Topliss-reactive ketones (excluding diaryl/α,β-unsaturated/α-hetero) is 1. The van der Waals surface area contributed by atoms with E-state index in [1.54, 1.807) is 55.5 Å². The second kappa shape index (κ2) is 11.5. The van der Waals surface area contributed by atoms with E-state index in [2.05, 4.69) is 11.9 Å². The zero-order valence-corrected chi connectivity index (χ0v) is 22.3. The molecule has 3 aromatic rings. The molecule has 1 aliphatic heterocycles. The number of benzene rings is 2. The highest BCUT2D eigenvalue weighted by molar-refractivity contribution is 7.17. The molecule has 1 unspecified atom stereocenters. The number of unbranched alkanes of at least 4 members (excludes halogenated alkanes) is 1. The molecule has 38 heavy (non-hydrogen) atoms. The second-order valence-electron chi connectivity index (χ2n) is 8.57. The molecule has 0 bridgehead atoms. The highest BCUT2D eigenvalue weighted by atomic mass is 32.1. The largest absolute Gasteiger partial charge is 0.507 e. The molecule has 2 aromatic carbocycles. The first kappa shape index (κ1) is 26.9. The van der Waals surface area contributed by atoms with E-state index in [9.17, 15) is 19.5 Å². The van der Waals surface area contributed by atoms with Gasteiger partial charge in [-0.25, -0.2) is 9.78 Å². The number of carbonyl (C=O) groups excluding carboxylic acids is 3. The third-order valence-corrected chi connectivity index (χ3v) is 7.25. The highest BCUT2D eigenvalue weighted by Gasteiger charge is 2.48. The monoisotopic (exact) mass is 536 g/mol. The molecule has 198 valence electrons. The number of esters is 1. The van der Waals surface area contributed by atoms with E-state index in [0.29, 0.717) is 34.9 Å². The molecule has 0 saturated carbocycles. The van der Waals surface area contributed by atoms with Crippen molar-refractivity contribution < 1.29 is 33.7 Å². The minimum atomic E-state index is -1.01. The highest BCUT2D eigenvalue weighted by Crippen LogP contribution is 2.44. The molecule has 1 fully saturated rings. The van der Waals surface area contributed by atoms with Crippen LogP contribution >= 0.6 is 11.3 Å². The molecule has 2 heterocycles. The summed E-state index contributed by atoms with van der Waals surface area (Å²) in [6.45, 7) is 4.20.